The Labute approximate surface area is 166 Å². The van der Waals surface area contributed by atoms with E-state index in [1.807, 2.05) is 23.6 Å². The fraction of sp³-hybridized carbons (Fsp3) is 0.762. The molecule has 0 radical (unpaired) electrons. The first kappa shape index (κ1) is 19.4. The van der Waals surface area contributed by atoms with Gasteiger partial charge in [0.05, 0.1) is 31.4 Å². The van der Waals surface area contributed by atoms with Crippen LogP contribution in [0.2, 0.25) is 0 Å². The molecule has 2 atom stereocenters. The monoisotopic (exact) mass is 389 g/mol. The highest BCUT2D eigenvalue weighted by Gasteiger charge is 2.56. The number of nitrogens with zero attached hydrogens (tertiary/aromatic N) is 3. The molecular weight excluding hydrogens is 358 g/mol. The molecule has 0 bridgehead atoms. The van der Waals surface area contributed by atoms with Crippen LogP contribution in [-0.4, -0.2) is 65.7 Å². The molecule has 0 aliphatic carbocycles. The van der Waals surface area contributed by atoms with Gasteiger partial charge in [0.25, 0.3) is 0 Å². The molecule has 7 nitrogen and oxygen atoms in total. The third kappa shape index (κ3) is 3.13. The third-order valence-corrected chi connectivity index (χ3v) is 7.17. The lowest BCUT2D eigenvalue weighted by molar-refractivity contribution is -0.134. The Morgan fingerprint density at radius 1 is 1.18 bits per heavy atom. The van der Waals surface area contributed by atoms with E-state index >= 15 is 0 Å². The molecule has 28 heavy (non-hydrogen) atoms. The van der Waals surface area contributed by atoms with E-state index in [2.05, 4.69) is 5.16 Å². The topological polar surface area (TPSA) is 75.9 Å². The molecule has 3 aliphatic heterocycles. The molecule has 3 fully saturated rings. The minimum Gasteiger partial charge on any atom is -0.379 e. The van der Waals surface area contributed by atoms with Crippen LogP contribution < -0.4 is 0 Å². The van der Waals surface area contributed by atoms with Crippen molar-refractivity contribution in [1.29, 1.82) is 0 Å². The second kappa shape index (κ2) is 7.50. The van der Waals surface area contributed by atoms with Crippen molar-refractivity contribution in [3.05, 3.63) is 17.0 Å². The third-order valence-electron chi connectivity index (χ3n) is 7.17. The van der Waals surface area contributed by atoms with Crippen LogP contribution in [0.1, 0.15) is 50.6 Å². The van der Waals surface area contributed by atoms with Crippen molar-refractivity contribution in [3.8, 4) is 0 Å². The summed E-state index contributed by atoms with van der Waals surface area (Å²) in [6.45, 7) is 9.43. The van der Waals surface area contributed by atoms with Gasteiger partial charge in [-0.25, -0.2) is 0 Å². The van der Waals surface area contributed by atoms with E-state index in [1.165, 1.54) is 0 Å². The van der Waals surface area contributed by atoms with Crippen LogP contribution in [-0.2, 0) is 33.6 Å². The standard InChI is InChI=1S/C21H31N3O4/c1-4-17-15(19(5-2)28-22-17)10-20(26)23-8-6-21(7-9-23)13-24(14(3)25)18-12-27-11-16(18)21/h16,18H,4-13H2,1-3H3/t16-,18+/m0/s1. The molecule has 154 valence electrons. The first-order chi connectivity index (χ1) is 13.5. The largest absolute Gasteiger partial charge is 0.379 e. The van der Waals surface area contributed by atoms with Gasteiger partial charge < -0.3 is 19.1 Å². The molecule has 3 saturated heterocycles. The summed E-state index contributed by atoms with van der Waals surface area (Å²) in [5, 5.41) is 4.13. The van der Waals surface area contributed by atoms with Crippen LogP contribution in [0.4, 0.5) is 0 Å². The van der Waals surface area contributed by atoms with Crippen molar-refractivity contribution in [2.75, 3.05) is 32.8 Å². The van der Waals surface area contributed by atoms with Gasteiger partial charge >= 0.3 is 0 Å². The number of amides is 2. The minimum absolute atomic E-state index is 0.101. The fourth-order valence-corrected chi connectivity index (χ4v) is 5.48. The maximum Gasteiger partial charge on any atom is 0.227 e. The van der Waals surface area contributed by atoms with E-state index in [-0.39, 0.29) is 23.3 Å². The van der Waals surface area contributed by atoms with Crippen molar-refractivity contribution >= 4 is 11.8 Å². The number of hydrogen-bond donors (Lipinski definition) is 0. The van der Waals surface area contributed by atoms with Crippen molar-refractivity contribution in [3.63, 3.8) is 0 Å². The summed E-state index contributed by atoms with van der Waals surface area (Å²) in [6, 6.07) is 0.219. The van der Waals surface area contributed by atoms with Gasteiger partial charge in [-0.05, 0) is 24.7 Å². The van der Waals surface area contributed by atoms with Gasteiger partial charge in [0.1, 0.15) is 5.76 Å². The quantitative estimate of drug-likeness (QED) is 0.785. The van der Waals surface area contributed by atoms with Crippen LogP contribution in [0, 0.1) is 11.3 Å². The van der Waals surface area contributed by atoms with Gasteiger partial charge in [-0.15, -0.1) is 0 Å². The van der Waals surface area contributed by atoms with E-state index in [0.29, 0.717) is 18.9 Å². The van der Waals surface area contributed by atoms with Gasteiger partial charge in [0, 0.05) is 44.5 Å². The lowest BCUT2D eigenvalue weighted by atomic mass is 9.70. The summed E-state index contributed by atoms with van der Waals surface area (Å²) >= 11 is 0. The number of fused-ring (bicyclic) bond motifs is 2. The van der Waals surface area contributed by atoms with E-state index in [1.54, 1.807) is 6.92 Å². The lowest BCUT2D eigenvalue weighted by Gasteiger charge is -2.42. The average molecular weight is 389 g/mol. The summed E-state index contributed by atoms with van der Waals surface area (Å²) in [4.78, 5) is 29.0. The summed E-state index contributed by atoms with van der Waals surface area (Å²) < 4.78 is 11.1. The number of ether oxygens (including phenoxy) is 1. The molecule has 1 aromatic heterocycles. The number of hydrogen-bond acceptors (Lipinski definition) is 5. The van der Waals surface area contributed by atoms with Crippen molar-refractivity contribution in [2.45, 2.75) is 58.9 Å². The Bertz CT molecular complexity index is 729. The van der Waals surface area contributed by atoms with Gasteiger partial charge in [0.2, 0.25) is 11.8 Å². The molecule has 0 aromatic carbocycles. The number of rotatable bonds is 4. The molecule has 0 unspecified atom stereocenters. The fourth-order valence-electron chi connectivity index (χ4n) is 5.48. The average Bonchev–Trinajstić information content (AvgIpc) is 3.38. The maximum absolute atomic E-state index is 13.0. The Morgan fingerprint density at radius 2 is 1.93 bits per heavy atom. The summed E-state index contributed by atoms with van der Waals surface area (Å²) in [5.41, 5.74) is 1.98. The van der Waals surface area contributed by atoms with Crippen LogP contribution in [0.15, 0.2) is 4.52 Å². The molecule has 0 N–H and O–H groups in total. The number of piperidine rings is 1. The first-order valence-electron chi connectivity index (χ1n) is 10.6. The van der Waals surface area contributed by atoms with Crippen LogP contribution in [0.25, 0.3) is 0 Å². The molecule has 4 heterocycles. The Hall–Kier alpha value is -1.89. The normalized spacial score (nSPS) is 26.1. The molecule has 7 heteroatoms. The van der Waals surface area contributed by atoms with Gasteiger partial charge in [0.15, 0.2) is 0 Å². The number of carbonyl (C=O) groups is 2. The predicted octanol–water partition coefficient (Wildman–Crippen LogP) is 1.83. The van der Waals surface area contributed by atoms with Crippen LogP contribution in [0.5, 0.6) is 0 Å². The number of carbonyl (C=O) groups excluding carboxylic acids is 2. The SMILES string of the molecule is CCc1noc(CC)c1CC(=O)N1CCC2(CC1)CN(C(C)=O)[C@@H]1COC[C@@H]12. The predicted molar refractivity (Wildman–Crippen MR) is 103 cm³/mol. The molecule has 1 spiro atoms. The summed E-state index contributed by atoms with van der Waals surface area (Å²) in [7, 11) is 0. The minimum atomic E-state index is 0.101. The van der Waals surface area contributed by atoms with Gasteiger partial charge in [-0.2, -0.15) is 0 Å². The van der Waals surface area contributed by atoms with Gasteiger partial charge in [-0.1, -0.05) is 19.0 Å². The molecule has 4 rings (SSSR count). The molecule has 1 aromatic rings. The molecular formula is C21H31N3O4. The zero-order chi connectivity index (χ0) is 19.9. The van der Waals surface area contributed by atoms with Crippen LogP contribution in [0.3, 0.4) is 0 Å². The smallest absolute Gasteiger partial charge is 0.227 e. The summed E-state index contributed by atoms with van der Waals surface area (Å²) in [6.07, 6.45) is 3.79. The molecule has 2 amide bonds. The van der Waals surface area contributed by atoms with E-state index in [4.69, 9.17) is 9.26 Å². The number of likely N-dealkylation sites (tertiary alicyclic amines) is 2. The zero-order valence-electron chi connectivity index (χ0n) is 17.2. The lowest BCUT2D eigenvalue weighted by Crippen LogP contribution is -2.47. The molecule has 0 saturated carbocycles. The van der Waals surface area contributed by atoms with Crippen LogP contribution >= 0.6 is 0 Å². The first-order valence-corrected chi connectivity index (χ1v) is 10.6. The van der Waals surface area contributed by atoms with E-state index < -0.39 is 0 Å². The highest BCUT2D eigenvalue weighted by molar-refractivity contribution is 5.79. The van der Waals surface area contributed by atoms with Crippen molar-refractivity contribution in [2.24, 2.45) is 11.3 Å². The highest BCUT2D eigenvalue weighted by atomic mass is 16.5. The van der Waals surface area contributed by atoms with E-state index in [9.17, 15) is 9.59 Å². The Kier molecular flexibility index (Phi) is 5.21. The number of aromatic nitrogens is 1. The Balaban J connectivity index is 1.42. The second-order valence-corrected chi connectivity index (χ2v) is 8.52. The summed E-state index contributed by atoms with van der Waals surface area (Å²) in [5.74, 6) is 1.54. The van der Waals surface area contributed by atoms with Crippen molar-refractivity contribution in [1.82, 2.24) is 15.0 Å². The number of aryl methyl sites for hydroxylation is 2. The second-order valence-electron chi connectivity index (χ2n) is 8.52. The van der Waals surface area contributed by atoms with Gasteiger partial charge in [-0.3, -0.25) is 9.59 Å². The zero-order valence-corrected chi connectivity index (χ0v) is 17.2. The Morgan fingerprint density at radius 3 is 2.57 bits per heavy atom. The molecule has 3 aliphatic rings. The van der Waals surface area contributed by atoms with E-state index in [0.717, 1.165) is 68.9 Å². The van der Waals surface area contributed by atoms with Crippen molar-refractivity contribution < 1.29 is 18.8 Å². The highest BCUT2D eigenvalue weighted by Crippen LogP contribution is 2.50. The maximum atomic E-state index is 13.0.